The summed E-state index contributed by atoms with van der Waals surface area (Å²) < 4.78 is 161. The molecule has 0 fully saturated rings. The number of nitrogens with zero attached hydrogens (tertiary/aromatic N) is 6. The van der Waals surface area contributed by atoms with Crippen LogP contribution in [0.1, 0.15) is 60.5 Å². The van der Waals surface area contributed by atoms with Crippen molar-refractivity contribution in [3.63, 3.8) is 0 Å². The van der Waals surface area contributed by atoms with Gasteiger partial charge in [0, 0.05) is 31.7 Å². The maximum absolute atomic E-state index is 14.4. The summed E-state index contributed by atoms with van der Waals surface area (Å²) in [6.45, 7) is 5.02. The third-order valence-corrected chi connectivity index (χ3v) is 8.59. The van der Waals surface area contributed by atoms with E-state index in [1.807, 2.05) is 0 Å². The van der Waals surface area contributed by atoms with Gasteiger partial charge in [-0.2, -0.15) is 44.8 Å². The summed E-state index contributed by atoms with van der Waals surface area (Å²) in [7, 11) is -12.2. The number of hydrogen-bond acceptors (Lipinski definition) is 12. The van der Waals surface area contributed by atoms with Crippen molar-refractivity contribution >= 4 is 20.2 Å². The minimum atomic E-state index is -6.09. The van der Waals surface area contributed by atoms with E-state index in [9.17, 15) is 39.5 Å². The Morgan fingerprint density at radius 3 is 0.914 bits per heavy atom. The van der Waals surface area contributed by atoms with Crippen LogP contribution in [0.15, 0.2) is 110 Å². The quantitative estimate of drug-likeness (QED) is 0.0731. The number of aromatic nitrogens is 5. The predicted molar refractivity (Wildman–Crippen MR) is 180 cm³/mol. The zero-order valence-corrected chi connectivity index (χ0v) is 32.3. The molecule has 0 unspecified atom stereocenters. The average Bonchev–Trinajstić information content (AvgIpc) is 3.14. The molecule has 0 spiro atoms. The predicted octanol–water partition coefficient (Wildman–Crippen LogP) is 7.02. The van der Waals surface area contributed by atoms with Crippen LogP contribution in [-0.4, -0.2) is 61.9 Å². The summed E-state index contributed by atoms with van der Waals surface area (Å²) in [5.74, 6) is 0. The Balaban J connectivity index is 0.000000701. The van der Waals surface area contributed by atoms with Gasteiger partial charge in [-0.05, 0) is 74.5 Å². The molecule has 12 nitrogen and oxygen atoms in total. The molecule has 0 saturated heterocycles. The van der Waals surface area contributed by atoms with Gasteiger partial charge in [0.1, 0.15) is 0 Å². The third-order valence-electron chi connectivity index (χ3n) is 7.45. The summed E-state index contributed by atoms with van der Waals surface area (Å²) >= 11 is 0. The van der Waals surface area contributed by atoms with Crippen LogP contribution in [0, 0.1) is 11.3 Å². The van der Waals surface area contributed by atoms with Crippen LogP contribution in [0.2, 0.25) is 0 Å². The van der Waals surface area contributed by atoms with E-state index in [4.69, 9.17) is 36.2 Å². The van der Waals surface area contributed by atoms with Crippen molar-refractivity contribution < 1.29 is 82.5 Å². The molecule has 0 saturated carbocycles. The van der Waals surface area contributed by atoms with Crippen molar-refractivity contribution in [3.05, 3.63) is 149 Å². The van der Waals surface area contributed by atoms with Gasteiger partial charge in [0.2, 0.25) is 0 Å². The van der Waals surface area contributed by atoms with Gasteiger partial charge >= 0.3 is 34.3 Å². The summed E-state index contributed by atoms with van der Waals surface area (Å²) in [6, 6.07) is 25.2. The summed E-state index contributed by atoms with van der Waals surface area (Å²) in [5.41, 5.74) is -12.1. The maximum Gasteiger partial charge on any atom is 2.00 e. The van der Waals surface area contributed by atoms with Crippen molar-refractivity contribution in [2.45, 2.75) is 48.8 Å². The van der Waals surface area contributed by atoms with Gasteiger partial charge in [-0.25, -0.2) is 16.8 Å². The topological polar surface area (TPSA) is 203 Å². The molecule has 0 aromatic carbocycles. The van der Waals surface area contributed by atoms with Crippen molar-refractivity contribution in [2.24, 2.45) is 0 Å². The van der Waals surface area contributed by atoms with E-state index in [1.54, 1.807) is 118 Å². The van der Waals surface area contributed by atoms with Gasteiger partial charge in [-0.3, -0.25) is 24.9 Å². The Morgan fingerprint density at radius 2 is 0.759 bits per heavy atom. The van der Waals surface area contributed by atoms with E-state index in [0.29, 0.717) is 22.8 Å². The van der Waals surface area contributed by atoms with Crippen LogP contribution < -0.4 is 0 Å². The van der Waals surface area contributed by atoms with Gasteiger partial charge in [-0.15, -0.1) is 0 Å². The zero-order chi connectivity index (χ0) is 43.5. The standard InChI is InChI=1S/C30H24F3N5.C2H3N.2CHF3O3S.Fe/c1-28(22-11-3-7-15-34-22,23-12-4-8-16-35-23)26-19-21(30(31,32)33)20-27(38-26)29(2,24-13-5-9-17-36-24)25-14-6-10-18-37-25;1-2-3;2*2-1(3,4)8(5,6)7;/h3-20H,1-2H3;1H3;2*(H,5,6,7);/q;;;;+2/p-2. The molecule has 0 amide bonds. The second kappa shape index (κ2) is 20.1. The van der Waals surface area contributed by atoms with Crippen molar-refractivity contribution in [3.8, 4) is 6.07 Å². The molecular weight excluding hydrogens is 879 g/mol. The molecule has 0 radical (unpaired) electrons. The number of pyridine rings is 5. The fraction of sp³-hybridized carbons (Fsp3) is 0.235. The molecule has 5 heterocycles. The fourth-order valence-electron chi connectivity index (χ4n) is 4.63. The first-order chi connectivity index (χ1) is 26.2. The number of alkyl halides is 9. The van der Waals surface area contributed by atoms with E-state index in [1.165, 1.54) is 6.92 Å². The molecule has 5 aromatic rings. The van der Waals surface area contributed by atoms with Crippen molar-refractivity contribution in [1.82, 2.24) is 24.9 Å². The minimum absolute atomic E-state index is 0. The van der Waals surface area contributed by atoms with Gasteiger partial charge in [0.15, 0.2) is 20.2 Å². The third kappa shape index (κ3) is 13.0. The van der Waals surface area contributed by atoms with Crippen LogP contribution in [0.4, 0.5) is 39.5 Å². The molecule has 0 aliphatic carbocycles. The van der Waals surface area contributed by atoms with Crippen molar-refractivity contribution in [1.29, 1.82) is 5.26 Å². The molecule has 0 bridgehead atoms. The molecule has 312 valence electrons. The summed E-state index contributed by atoms with van der Waals surface area (Å²) in [6.07, 6.45) is 1.80. The number of hydrogen-bond donors (Lipinski definition) is 0. The van der Waals surface area contributed by atoms with Crippen LogP contribution in [0.5, 0.6) is 0 Å². The molecular formula is C34H27F9FeN6O6S2. The van der Waals surface area contributed by atoms with E-state index in [-0.39, 0.29) is 28.5 Å². The molecule has 5 aromatic heterocycles. The number of halogens is 9. The maximum atomic E-state index is 14.4. The molecule has 0 aliphatic heterocycles. The van der Waals surface area contributed by atoms with Crippen LogP contribution >= 0.6 is 0 Å². The average molecular weight is 907 g/mol. The fourth-order valence-corrected chi connectivity index (χ4v) is 4.63. The Morgan fingerprint density at radius 1 is 0.534 bits per heavy atom. The minimum Gasteiger partial charge on any atom is -0.741 e. The molecule has 24 heteroatoms. The Bertz CT molecular complexity index is 2090. The normalized spacial score (nSPS) is 12.1. The van der Waals surface area contributed by atoms with Crippen molar-refractivity contribution in [2.75, 3.05) is 0 Å². The summed E-state index contributed by atoms with van der Waals surface area (Å²) in [4.78, 5) is 23.0. The molecule has 0 aliphatic rings. The Kier molecular flexibility index (Phi) is 17.6. The van der Waals surface area contributed by atoms with Crippen LogP contribution in [0.25, 0.3) is 0 Å². The largest absolute Gasteiger partial charge is 2.00 e. The van der Waals surface area contributed by atoms with Gasteiger partial charge in [0.05, 0.1) is 56.6 Å². The van der Waals surface area contributed by atoms with E-state index in [0.717, 1.165) is 12.1 Å². The number of rotatable bonds is 6. The molecule has 58 heavy (non-hydrogen) atoms. The monoisotopic (exact) mass is 906 g/mol. The molecule has 0 atom stereocenters. The zero-order valence-electron chi connectivity index (χ0n) is 29.6. The Labute approximate surface area is 336 Å². The van der Waals surface area contributed by atoms with Gasteiger partial charge in [0.25, 0.3) is 0 Å². The van der Waals surface area contributed by atoms with Gasteiger partial charge < -0.3 is 9.11 Å². The molecule has 0 N–H and O–H groups in total. The first-order valence-corrected chi connectivity index (χ1v) is 18.1. The first kappa shape index (κ1) is 51.0. The van der Waals surface area contributed by atoms with E-state index >= 15 is 0 Å². The van der Waals surface area contributed by atoms with Crippen LogP contribution in [0.3, 0.4) is 0 Å². The molecule has 5 rings (SSSR count). The number of nitriles is 1. The van der Waals surface area contributed by atoms with Crippen LogP contribution in [-0.2, 0) is 54.3 Å². The second-order valence-corrected chi connectivity index (χ2v) is 14.0. The van der Waals surface area contributed by atoms with Gasteiger partial charge in [-0.1, -0.05) is 24.3 Å². The first-order valence-electron chi connectivity index (χ1n) is 15.3. The van der Waals surface area contributed by atoms with E-state index in [2.05, 4.69) is 19.9 Å². The smallest absolute Gasteiger partial charge is 0.741 e. The van der Waals surface area contributed by atoms with E-state index < -0.39 is 53.8 Å². The Hall–Kier alpha value is -5.05. The summed E-state index contributed by atoms with van der Waals surface area (Å²) in [5, 5.41) is 7.32. The SMILES string of the molecule is CC#N.CC(c1ccccn1)(c1ccccn1)c1cc(C(F)(F)F)cc(C(C)(c2ccccn2)c2ccccn2)n1.O=S(=O)([O-])C(F)(F)F.O=S(=O)([O-])C(F)(F)F.[Fe+2]. The second-order valence-electron chi connectivity index (χ2n) is 11.3.